The number of hydrogen-bond acceptors (Lipinski definition) is 4. The topological polar surface area (TPSA) is 65.4 Å². The number of halogens is 1. The van der Waals surface area contributed by atoms with Gasteiger partial charge in [0.25, 0.3) is 5.91 Å². The molecule has 0 saturated carbocycles. The average Bonchev–Trinajstić information content (AvgIpc) is 2.91. The van der Waals surface area contributed by atoms with E-state index in [4.69, 9.17) is 9.47 Å². The Bertz CT molecular complexity index is 628. The average molecular weight is 354 g/mol. The van der Waals surface area contributed by atoms with Gasteiger partial charge in [-0.05, 0) is 34.1 Å². The van der Waals surface area contributed by atoms with E-state index >= 15 is 0 Å². The summed E-state index contributed by atoms with van der Waals surface area (Å²) in [6.07, 6.45) is 3.55. The van der Waals surface area contributed by atoms with Crippen molar-refractivity contribution in [2.24, 2.45) is 0 Å². The smallest absolute Gasteiger partial charge is 0.251 e. The second kappa shape index (κ2) is 7.12. The number of carbonyl (C=O) groups is 1. The molecule has 0 aliphatic rings. The van der Waals surface area contributed by atoms with E-state index in [1.54, 1.807) is 36.2 Å². The highest BCUT2D eigenvalue weighted by atomic mass is 79.9. The highest BCUT2D eigenvalue weighted by Crippen LogP contribution is 2.27. The van der Waals surface area contributed by atoms with Crippen LogP contribution in [0.3, 0.4) is 0 Å². The predicted octanol–water partition coefficient (Wildman–Crippen LogP) is 2.09. The molecule has 7 heteroatoms. The van der Waals surface area contributed by atoms with Crippen LogP contribution in [0, 0.1) is 0 Å². The molecule has 1 heterocycles. The van der Waals surface area contributed by atoms with E-state index in [1.165, 1.54) is 7.11 Å². The lowest BCUT2D eigenvalue weighted by Gasteiger charge is -2.10. The molecule has 21 heavy (non-hydrogen) atoms. The molecule has 0 radical (unpaired) electrons. The van der Waals surface area contributed by atoms with Crippen LogP contribution in [0.25, 0.3) is 0 Å². The third-order valence-electron chi connectivity index (χ3n) is 2.87. The van der Waals surface area contributed by atoms with Crippen molar-refractivity contribution in [3.8, 4) is 11.5 Å². The van der Waals surface area contributed by atoms with Crippen LogP contribution in [0.15, 0.2) is 35.1 Å². The normalized spacial score (nSPS) is 10.2. The molecule has 112 valence electrons. The van der Waals surface area contributed by atoms with Gasteiger partial charge in [0.1, 0.15) is 0 Å². The highest BCUT2D eigenvalue weighted by molar-refractivity contribution is 9.10. The van der Waals surface area contributed by atoms with E-state index < -0.39 is 0 Å². The Morgan fingerprint density at radius 3 is 2.71 bits per heavy atom. The zero-order chi connectivity index (χ0) is 15.2. The second-order valence-electron chi connectivity index (χ2n) is 4.25. The van der Waals surface area contributed by atoms with Gasteiger partial charge in [-0.3, -0.25) is 9.48 Å². The number of methoxy groups -OCH3 is 2. The zero-order valence-corrected chi connectivity index (χ0v) is 13.4. The van der Waals surface area contributed by atoms with Gasteiger partial charge >= 0.3 is 0 Å². The number of rotatable bonds is 6. The van der Waals surface area contributed by atoms with Crippen molar-refractivity contribution in [2.45, 2.75) is 6.54 Å². The standard InChI is InChI=1S/C14H16BrN3O3/c1-20-12-4-3-10(7-13(12)21-2)14(19)16-5-6-18-9-11(15)8-17-18/h3-4,7-9H,5-6H2,1-2H3,(H,16,19). The number of nitrogens with zero attached hydrogens (tertiary/aromatic N) is 2. The summed E-state index contributed by atoms with van der Waals surface area (Å²) >= 11 is 3.32. The fraction of sp³-hybridized carbons (Fsp3) is 0.286. The molecule has 0 atom stereocenters. The number of nitrogens with one attached hydrogen (secondary N) is 1. The van der Waals surface area contributed by atoms with E-state index in [2.05, 4.69) is 26.3 Å². The van der Waals surface area contributed by atoms with Crippen LogP contribution in [0.5, 0.6) is 11.5 Å². The number of benzene rings is 1. The summed E-state index contributed by atoms with van der Waals surface area (Å²) in [7, 11) is 3.09. The number of hydrogen-bond donors (Lipinski definition) is 1. The van der Waals surface area contributed by atoms with E-state index in [-0.39, 0.29) is 5.91 Å². The predicted molar refractivity (Wildman–Crippen MR) is 81.8 cm³/mol. The van der Waals surface area contributed by atoms with Crippen molar-refractivity contribution < 1.29 is 14.3 Å². The lowest BCUT2D eigenvalue weighted by atomic mass is 10.2. The quantitative estimate of drug-likeness (QED) is 0.863. The van der Waals surface area contributed by atoms with Crippen molar-refractivity contribution in [1.29, 1.82) is 0 Å². The molecular formula is C14H16BrN3O3. The second-order valence-corrected chi connectivity index (χ2v) is 5.16. The van der Waals surface area contributed by atoms with Crippen LogP contribution in [-0.4, -0.2) is 36.5 Å². The molecule has 1 N–H and O–H groups in total. The van der Waals surface area contributed by atoms with Gasteiger partial charge in [0.2, 0.25) is 0 Å². The van der Waals surface area contributed by atoms with Gasteiger partial charge in [0, 0.05) is 18.3 Å². The fourth-order valence-electron chi connectivity index (χ4n) is 1.82. The molecule has 0 unspecified atom stereocenters. The molecule has 6 nitrogen and oxygen atoms in total. The molecule has 0 aliphatic carbocycles. The van der Waals surface area contributed by atoms with Gasteiger partial charge in [-0.15, -0.1) is 0 Å². The van der Waals surface area contributed by atoms with Crippen LogP contribution in [-0.2, 0) is 6.54 Å². The number of amides is 1. The maximum absolute atomic E-state index is 12.1. The summed E-state index contributed by atoms with van der Waals surface area (Å²) in [5.41, 5.74) is 0.522. The summed E-state index contributed by atoms with van der Waals surface area (Å²) in [5.74, 6) is 0.957. The van der Waals surface area contributed by atoms with Crippen LogP contribution >= 0.6 is 15.9 Å². The van der Waals surface area contributed by atoms with E-state index in [0.717, 1.165) is 4.47 Å². The summed E-state index contributed by atoms with van der Waals surface area (Å²) in [4.78, 5) is 12.1. The first kappa shape index (κ1) is 15.4. The molecule has 0 bridgehead atoms. The van der Waals surface area contributed by atoms with Crippen molar-refractivity contribution >= 4 is 21.8 Å². The summed E-state index contributed by atoms with van der Waals surface area (Å²) in [6.45, 7) is 1.09. The van der Waals surface area contributed by atoms with Crippen molar-refractivity contribution in [1.82, 2.24) is 15.1 Å². The minimum Gasteiger partial charge on any atom is -0.493 e. The third kappa shape index (κ3) is 3.98. The molecule has 0 aliphatic heterocycles. The SMILES string of the molecule is COc1ccc(C(=O)NCCn2cc(Br)cn2)cc1OC. The molecular weight excluding hydrogens is 338 g/mol. The first-order valence-electron chi connectivity index (χ1n) is 6.32. The lowest BCUT2D eigenvalue weighted by Crippen LogP contribution is -2.27. The van der Waals surface area contributed by atoms with Gasteiger partial charge in [-0.1, -0.05) is 0 Å². The minimum absolute atomic E-state index is 0.165. The van der Waals surface area contributed by atoms with Gasteiger partial charge in [0.15, 0.2) is 11.5 Å². The summed E-state index contributed by atoms with van der Waals surface area (Å²) in [5, 5.41) is 6.95. The monoisotopic (exact) mass is 353 g/mol. The van der Waals surface area contributed by atoms with Crippen molar-refractivity contribution in [3.63, 3.8) is 0 Å². The zero-order valence-electron chi connectivity index (χ0n) is 11.8. The molecule has 0 spiro atoms. The Morgan fingerprint density at radius 1 is 1.33 bits per heavy atom. The van der Waals surface area contributed by atoms with Crippen LogP contribution in [0.1, 0.15) is 10.4 Å². The molecule has 0 saturated heterocycles. The molecule has 1 aromatic carbocycles. The number of aromatic nitrogens is 2. The van der Waals surface area contributed by atoms with Crippen molar-refractivity contribution in [3.05, 3.63) is 40.6 Å². The molecule has 2 rings (SSSR count). The Morgan fingerprint density at radius 2 is 2.10 bits per heavy atom. The molecule has 1 aromatic heterocycles. The van der Waals surface area contributed by atoms with Crippen LogP contribution in [0.4, 0.5) is 0 Å². The Hall–Kier alpha value is -2.02. The molecule has 0 fully saturated rings. The Labute approximate surface area is 131 Å². The molecule has 2 aromatic rings. The molecule has 1 amide bonds. The van der Waals surface area contributed by atoms with E-state index in [9.17, 15) is 4.79 Å². The summed E-state index contributed by atoms with van der Waals surface area (Å²) < 4.78 is 13.0. The Kier molecular flexibility index (Phi) is 5.21. The first-order valence-corrected chi connectivity index (χ1v) is 7.11. The lowest BCUT2D eigenvalue weighted by molar-refractivity contribution is 0.0951. The number of ether oxygens (including phenoxy) is 2. The van der Waals surface area contributed by atoms with Crippen LogP contribution < -0.4 is 14.8 Å². The maximum atomic E-state index is 12.1. The summed E-state index contributed by atoms with van der Waals surface area (Å²) in [6, 6.07) is 5.05. The van der Waals surface area contributed by atoms with Gasteiger partial charge in [-0.2, -0.15) is 5.10 Å². The number of carbonyl (C=O) groups excluding carboxylic acids is 1. The third-order valence-corrected chi connectivity index (χ3v) is 3.28. The minimum atomic E-state index is -0.165. The van der Waals surface area contributed by atoms with Gasteiger partial charge < -0.3 is 14.8 Å². The Balaban J connectivity index is 1.93. The fourth-order valence-corrected chi connectivity index (χ4v) is 2.15. The van der Waals surface area contributed by atoms with E-state index in [0.29, 0.717) is 30.2 Å². The highest BCUT2D eigenvalue weighted by Gasteiger charge is 2.10. The van der Waals surface area contributed by atoms with Gasteiger partial charge in [0.05, 0.1) is 31.4 Å². The van der Waals surface area contributed by atoms with Crippen LogP contribution in [0.2, 0.25) is 0 Å². The van der Waals surface area contributed by atoms with E-state index in [1.807, 2.05) is 6.20 Å². The largest absolute Gasteiger partial charge is 0.493 e. The maximum Gasteiger partial charge on any atom is 0.251 e. The first-order chi connectivity index (χ1) is 10.1. The van der Waals surface area contributed by atoms with Crippen molar-refractivity contribution in [2.75, 3.05) is 20.8 Å². The van der Waals surface area contributed by atoms with Gasteiger partial charge in [-0.25, -0.2) is 0 Å².